The molecule has 3 N–H and O–H groups in total. The third-order valence-electron chi connectivity index (χ3n) is 2.30. The highest BCUT2D eigenvalue weighted by Gasteiger charge is 2.30. The lowest BCUT2D eigenvalue weighted by molar-refractivity contribution is -0.120. The second kappa shape index (κ2) is 4.72. The highest BCUT2D eigenvalue weighted by Crippen LogP contribution is 2.33. The van der Waals surface area contributed by atoms with Gasteiger partial charge in [0.05, 0.1) is 0 Å². The minimum atomic E-state index is -0.609. The van der Waals surface area contributed by atoms with E-state index < -0.39 is 23.6 Å². The summed E-state index contributed by atoms with van der Waals surface area (Å²) in [5, 5.41) is 2.51. The lowest BCUT2D eigenvalue weighted by atomic mass is 10.1. The van der Waals surface area contributed by atoms with Crippen molar-refractivity contribution in [2.45, 2.75) is 51.7 Å². The zero-order valence-electron chi connectivity index (χ0n) is 10.1. The monoisotopic (exact) mass is 228 g/mol. The SMILES string of the molecule is CC(C)(C)OC(=O)N[C@@H](CC1CC1)C(N)=O. The molecule has 0 spiro atoms. The van der Waals surface area contributed by atoms with Gasteiger partial charge < -0.3 is 15.8 Å². The third-order valence-corrected chi connectivity index (χ3v) is 2.30. The average Bonchev–Trinajstić information content (AvgIpc) is 2.82. The summed E-state index contributed by atoms with van der Waals surface area (Å²) in [4.78, 5) is 22.6. The number of amides is 2. The summed E-state index contributed by atoms with van der Waals surface area (Å²) in [6.45, 7) is 5.31. The van der Waals surface area contributed by atoms with Crippen molar-refractivity contribution in [2.75, 3.05) is 0 Å². The molecule has 1 atom stereocenters. The van der Waals surface area contributed by atoms with Crippen LogP contribution in [0.25, 0.3) is 0 Å². The van der Waals surface area contributed by atoms with E-state index in [1.54, 1.807) is 20.8 Å². The number of hydrogen-bond acceptors (Lipinski definition) is 3. The van der Waals surface area contributed by atoms with E-state index in [-0.39, 0.29) is 0 Å². The van der Waals surface area contributed by atoms with Crippen molar-refractivity contribution >= 4 is 12.0 Å². The van der Waals surface area contributed by atoms with Gasteiger partial charge in [0.1, 0.15) is 11.6 Å². The van der Waals surface area contributed by atoms with Crippen LogP contribution in [0.1, 0.15) is 40.0 Å². The van der Waals surface area contributed by atoms with Crippen LogP contribution in [0.3, 0.4) is 0 Å². The Morgan fingerprint density at radius 2 is 2.00 bits per heavy atom. The number of nitrogens with two attached hydrogens (primary N) is 1. The molecule has 1 aliphatic rings. The number of carbonyl (C=O) groups excluding carboxylic acids is 2. The minimum absolute atomic E-state index is 0.502. The van der Waals surface area contributed by atoms with Crippen LogP contribution in [-0.4, -0.2) is 23.6 Å². The second-order valence-electron chi connectivity index (χ2n) is 5.28. The van der Waals surface area contributed by atoms with E-state index in [2.05, 4.69) is 5.32 Å². The molecule has 16 heavy (non-hydrogen) atoms. The molecule has 5 heteroatoms. The Hall–Kier alpha value is -1.26. The lowest BCUT2D eigenvalue weighted by Crippen LogP contribution is -2.46. The summed E-state index contributed by atoms with van der Waals surface area (Å²) in [5.41, 5.74) is 4.65. The van der Waals surface area contributed by atoms with Gasteiger partial charge in [-0.1, -0.05) is 12.8 Å². The first-order valence-electron chi connectivity index (χ1n) is 5.57. The Morgan fingerprint density at radius 1 is 1.44 bits per heavy atom. The Morgan fingerprint density at radius 3 is 2.38 bits per heavy atom. The summed E-state index contributed by atoms with van der Waals surface area (Å²) in [7, 11) is 0. The third kappa shape index (κ3) is 5.00. The second-order valence-corrected chi connectivity index (χ2v) is 5.28. The molecule has 0 saturated heterocycles. The van der Waals surface area contributed by atoms with Crippen LogP contribution in [0.15, 0.2) is 0 Å². The van der Waals surface area contributed by atoms with E-state index in [0.717, 1.165) is 12.8 Å². The first-order chi connectivity index (χ1) is 7.28. The molecule has 1 rings (SSSR count). The molecule has 92 valence electrons. The fourth-order valence-corrected chi connectivity index (χ4v) is 1.38. The van der Waals surface area contributed by atoms with E-state index in [1.807, 2.05) is 0 Å². The molecule has 0 radical (unpaired) electrons. The van der Waals surface area contributed by atoms with Gasteiger partial charge in [0.2, 0.25) is 5.91 Å². The van der Waals surface area contributed by atoms with Crippen molar-refractivity contribution in [3.63, 3.8) is 0 Å². The molecule has 2 amide bonds. The fraction of sp³-hybridized carbons (Fsp3) is 0.818. The Kier molecular flexibility index (Phi) is 3.78. The molecule has 0 aromatic carbocycles. The van der Waals surface area contributed by atoms with Crippen molar-refractivity contribution in [3.05, 3.63) is 0 Å². The maximum atomic E-state index is 11.4. The standard InChI is InChI=1S/C11H20N2O3/c1-11(2,3)16-10(15)13-8(9(12)14)6-7-4-5-7/h7-8H,4-6H2,1-3H3,(H2,12,14)(H,13,15)/t8-/m0/s1. The maximum absolute atomic E-state index is 11.4. The molecule has 0 aromatic rings. The van der Waals surface area contributed by atoms with E-state index in [9.17, 15) is 9.59 Å². The summed E-state index contributed by atoms with van der Waals surface area (Å²) in [6, 6.07) is -0.609. The number of ether oxygens (including phenoxy) is 1. The summed E-state index contributed by atoms with van der Waals surface area (Å²) in [6.07, 6.45) is 2.26. The van der Waals surface area contributed by atoms with Crippen LogP contribution >= 0.6 is 0 Å². The number of carbonyl (C=O) groups is 2. The predicted octanol–water partition coefficient (Wildman–Crippen LogP) is 1.17. The fourth-order valence-electron chi connectivity index (χ4n) is 1.38. The first-order valence-corrected chi connectivity index (χ1v) is 5.57. The van der Waals surface area contributed by atoms with Crippen LogP contribution in [0, 0.1) is 5.92 Å². The molecular formula is C11H20N2O3. The highest BCUT2D eigenvalue weighted by molar-refractivity contribution is 5.84. The van der Waals surface area contributed by atoms with Crippen molar-refractivity contribution < 1.29 is 14.3 Å². The Bertz CT molecular complexity index is 279. The topological polar surface area (TPSA) is 81.4 Å². The van der Waals surface area contributed by atoms with Gasteiger partial charge in [-0.25, -0.2) is 4.79 Å². The van der Waals surface area contributed by atoms with Gasteiger partial charge in [-0.3, -0.25) is 4.79 Å². The van der Waals surface area contributed by atoms with Gasteiger partial charge in [-0.05, 0) is 33.1 Å². The largest absolute Gasteiger partial charge is 0.444 e. The Balaban J connectivity index is 2.41. The van der Waals surface area contributed by atoms with Crippen molar-refractivity contribution in [2.24, 2.45) is 11.7 Å². The number of alkyl carbamates (subject to hydrolysis) is 1. The number of hydrogen-bond donors (Lipinski definition) is 2. The summed E-state index contributed by atoms with van der Waals surface area (Å²) >= 11 is 0. The van der Waals surface area contributed by atoms with Crippen LogP contribution in [0.4, 0.5) is 4.79 Å². The maximum Gasteiger partial charge on any atom is 0.408 e. The zero-order valence-corrected chi connectivity index (χ0v) is 10.1. The van der Waals surface area contributed by atoms with Gasteiger partial charge in [0.25, 0.3) is 0 Å². The van der Waals surface area contributed by atoms with Crippen LogP contribution in [-0.2, 0) is 9.53 Å². The molecular weight excluding hydrogens is 208 g/mol. The van der Waals surface area contributed by atoms with Crippen molar-refractivity contribution in [1.29, 1.82) is 0 Å². The van der Waals surface area contributed by atoms with E-state index in [4.69, 9.17) is 10.5 Å². The molecule has 5 nitrogen and oxygen atoms in total. The normalized spacial score (nSPS) is 17.7. The molecule has 0 unspecified atom stereocenters. The van der Waals surface area contributed by atoms with E-state index in [1.165, 1.54) is 0 Å². The minimum Gasteiger partial charge on any atom is -0.444 e. The van der Waals surface area contributed by atoms with E-state index >= 15 is 0 Å². The quantitative estimate of drug-likeness (QED) is 0.757. The van der Waals surface area contributed by atoms with Gasteiger partial charge in [-0.2, -0.15) is 0 Å². The summed E-state index contributed by atoms with van der Waals surface area (Å²) in [5.74, 6) is 0.0187. The van der Waals surface area contributed by atoms with E-state index in [0.29, 0.717) is 12.3 Å². The molecule has 1 aliphatic carbocycles. The van der Waals surface area contributed by atoms with Crippen molar-refractivity contribution in [1.82, 2.24) is 5.32 Å². The van der Waals surface area contributed by atoms with Gasteiger partial charge >= 0.3 is 6.09 Å². The number of primary amides is 1. The van der Waals surface area contributed by atoms with Crippen LogP contribution < -0.4 is 11.1 Å². The number of nitrogens with one attached hydrogen (secondary N) is 1. The molecule has 0 aromatic heterocycles. The summed E-state index contributed by atoms with van der Waals surface area (Å²) < 4.78 is 5.06. The predicted molar refractivity (Wildman–Crippen MR) is 59.7 cm³/mol. The van der Waals surface area contributed by atoms with Gasteiger partial charge in [0, 0.05) is 0 Å². The molecule has 0 heterocycles. The molecule has 1 saturated carbocycles. The average molecular weight is 228 g/mol. The lowest BCUT2D eigenvalue weighted by Gasteiger charge is -2.22. The molecule has 0 aliphatic heterocycles. The highest BCUT2D eigenvalue weighted by atomic mass is 16.6. The van der Waals surface area contributed by atoms with Gasteiger partial charge in [-0.15, -0.1) is 0 Å². The Labute approximate surface area is 95.7 Å². The number of rotatable bonds is 4. The molecule has 1 fully saturated rings. The van der Waals surface area contributed by atoms with Crippen LogP contribution in [0.2, 0.25) is 0 Å². The van der Waals surface area contributed by atoms with Crippen molar-refractivity contribution in [3.8, 4) is 0 Å². The van der Waals surface area contributed by atoms with Crippen LogP contribution in [0.5, 0.6) is 0 Å². The zero-order chi connectivity index (χ0) is 12.3. The first kappa shape index (κ1) is 12.8. The molecule has 0 bridgehead atoms. The van der Waals surface area contributed by atoms with Gasteiger partial charge in [0.15, 0.2) is 0 Å². The smallest absolute Gasteiger partial charge is 0.408 e.